The fourth-order valence-electron chi connectivity index (χ4n) is 1.33. The van der Waals surface area contributed by atoms with Crippen molar-refractivity contribution < 1.29 is 24.3 Å². The second kappa shape index (κ2) is 6.66. The van der Waals surface area contributed by atoms with Crippen molar-refractivity contribution in [2.24, 2.45) is 5.73 Å². The molecule has 0 saturated heterocycles. The van der Waals surface area contributed by atoms with Gasteiger partial charge in [0, 0.05) is 6.92 Å². The summed E-state index contributed by atoms with van der Waals surface area (Å²) in [5.74, 6) is -3.12. The van der Waals surface area contributed by atoms with Gasteiger partial charge >= 0.3 is 5.97 Å². The second-order valence-electron chi connectivity index (χ2n) is 3.88. The van der Waals surface area contributed by atoms with Gasteiger partial charge in [0.25, 0.3) is 5.91 Å². The van der Waals surface area contributed by atoms with Gasteiger partial charge in [-0.1, -0.05) is 0 Å². The third-order valence-corrected chi connectivity index (χ3v) is 3.14. The number of nitrogens with two attached hydrogens (primary N) is 1. The number of hydrogen-bond acceptors (Lipinski definition) is 5. The number of carbonyl (C=O) groups excluding carboxylic acids is 3. The van der Waals surface area contributed by atoms with E-state index in [9.17, 15) is 19.2 Å². The molecule has 9 heteroatoms. The topological polar surface area (TPSA) is 139 Å². The minimum Gasteiger partial charge on any atom is -0.480 e. The van der Waals surface area contributed by atoms with Gasteiger partial charge in [-0.3, -0.25) is 14.4 Å². The number of aliphatic carboxylic acids is 1. The van der Waals surface area contributed by atoms with E-state index in [2.05, 4.69) is 10.6 Å². The summed E-state index contributed by atoms with van der Waals surface area (Å²) in [6.07, 6.45) is -0.495. The number of rotatable bonds is 6. The molecule has 0 spiro atoms. The van der Waals surface area contributed by atoms with E-state index in [1.165, 1.54) is 19.1 Å². The first-order valence-electron chi connectivity index (χ1n) is 5.49. The molecule has 108 valence electrons. The number of carboxylic acid groups (broad SMARTS) is 1. The average molecular weight is 299 g/mol. The molecule has 1 atom stereocenters. The highest BCUT2D eigenvalue weighted by molar-refractivity contribution is 7.18. The lowest BCUT2D eigenvalue weighted by Gasteiger charge is -2.11. The van der Waals surface area contributed by atoms with Crippen molar-refractivity contribution in [3.8, 4) is 0 Å². The van der Waals surface area contributed by atoms with Crippen LogP contribution in [0.4, 0.5) is 5.00 Å². The molecular weight excluding hydrogens is 286 g/mol. The number of thiophene rings is 1. The summed E-state index contributed by atoms with van der Waals surface area (Å²) < 4.78 is 0. The molecular formula is C11H13N3O5S. The summed E-state index contributed by atoms with van der Waals surface area (Å²) in [5, 5.41) is 14.0. The molecule has 1 aromatic rings. The van der Waals surface area contributed by atoms with E-state index in [1.807, 2.05) is 0 Å². The fourth-order valence-corrected chi connectivity index (χ4v) is 2.19. The number of carboxylic acids is 1. The highest BCUT2D eigenvalue weighted by atomic mass is 32.1. The third kappa shape index (κ3) is 4.69. The molecule has 0 fully saturated rings. The van der Waals surface area contributed by atoms with Crippen molar-refractivity contribution in [3.05, 3.63) is 17.0 Å². The van der Waals surface area contributed by atoms with Gasteiger partial charge in [0.2, 0.25) is 11.8 Å². The molecule has 1 aromatic heterocycles. The minimum atomic E-state index is -1.38. The van der Waals surface area contributed by atoms with E-state index in [0.29, 0.717) is 5.00 Å². The molecule has 0 aliphatic carbocycles. The van der Waals surface area contributed by atoms with Crippen molar-refractivity contribution >= 4 is 40.0 Å². The summed E-state index contributed by atoms with van der Waals surface area (Å²) in [6.45, 7) is 1.33. The van der Waals surface area contributed by atoms with E-state index in [1.54, 1.807) is 0 Å². The summed E-state index contributed by atoms with van der Waals surface area (Å²) in [5.41, 5.74) is 4.91. The smallest absolute Gasteiger partial charge is 0.326 e. The maximum Gasteiger partial charge on any atom is 0.326 e. The van der Waals surface area contributed by atoms with Gasteiger partial charge in [-0.15, -0.1) is 11.3 Å². The van der Waals surface area contributed by atoms with Gasteiger partial charge in [-0.05, 0) is 12.1 Å². The quantitative estimate of drug-likeness (QED) is 0.574. The maximum absolute atomic E-state index is 11.8. The molecule has 0 saturated carbocycles. The molecule has 0 aromatic carbocycles. The van der Waals surface area contributed by atoms with Gasteiger partial charge in [0.1, 0.15) is 6.04 Å². The van der Waals surface area contributed by atoms with Crippen LogP contribution in [0.25, 0.3) is 0 Å². The molecule has 0 unspecified atom stereocenters. The fraction of sp³-hybridized carbons (Fsp3) is 0.273. The van der Waals surface area contributed by atoms with Crippen molar-refractivity contribution in [1.29, 1.82) is 0 Å². The number of carbonyl (C=O) groups is 4. The van der Waals surface area contributed by atoms with Crippen molar-refractivity contribution in [3.63, 3.8) is 0 Å². The van der Waals surface area contributed by atoms with Crippen LogP contribution in [-0.2, 0) is 14.4 Å². The lowest BCUT2D eigenvalue weighted by atomic mass is 10.2. The van der Waals surface area contributed by atoms with Crippen LogP contribution in [0.15, 0.2) is 12.1 Å². The van der Waals surface area contributed by atoms with E-state index < -0.39 is 30.2 Å². The Morgan fingerprint density at radius 1 is 1.35 bits per heavy atom. The van der Waals surface area contributed by atoms with Crippen LogP contribution in [0.2, 0.25) is 0 Å². The molecule has 0 aliphatic heterocycles. The third-order valence-electron chi connectivity index (χ3n) is 2.14. The summed E-state index contributed by atoms with van der Waals surface area (Å²) >= 11 is 0.989. The highest BCUT2D eigenvalue weighted by Gasteiger charge is 2.23. The maximum atomic E-state index is 11.8. The predicted molar refractivity (Wildman–Crippen MR) is 71.3 cm³/mol. The van der Waals surface area contributed by atoms with Gasteiger partial charge < -0.3 is 21.5 Å². The first-order valence-corrected chi connectivity index (χ1v) is 6.30. The van der Waals surface area contributed by atoms with E-state index in [4.69, 9.17) is 10.8 Å². The van der Waals surface area contributed by atoms with Gasteiger partial charge in [-0.25, -0.2) is 4.79 Å². The molecule has 20 heavy (non-hydrogen) atoms. The van der Waals surface area contributed by atoms with Crippen molar-refractivity contribution in [1.82, 2.24) is 5.32 Å². The van der Waals surface area contributed by atoms with Crippen LogP contribution >= 0.6 is 11.3 Å². The molecule has 3 amide bonds. The Morgan fingerprint density at radius 2 is 2.00 bits per heavy atom. The number of hydrogen-bond donors (Lipinski definition) is 4. The first-order chi connectivity index (χ1) is 9.29. The van der Waals surface area contributed by atoms with Crippen LogP contribution in [0.5, 0.6) is 0 Å². The van der Waals surface area contributed by atoms with E-state index in [-0.39, 0.29) is 10.8 Å². The van der Waals surface area contributed by atoms with Gasteiger partial charge in [0.05, 0.1) is 16.3 Å². The van der Waals surface area contributed by atoms with Crippen LogP contribution < -0.4 is 16.4 Å². The van der Waals surface area contributed by atoms with E-state index >= 15 is 0 Å². The van der Waals surface area contributed by atoms with Crippen molar-refractivity contribution in [2.45, 2.75) is 19.4 Å². The number of nitrogens with one attached hydrogen (secondary N) is 2. The summed E-state index contributed by atoms with van der Waals surface area (Å²) in [6, 6.07) is 1.57. The lowest BCUT2D eigenvalue weighted by molar-refractivity contribution is -0.140. The molecule has 0 radical (unpaired) electrons. The molecule has 1 heterocycles. The van der Waals surface area contributed by atoms with Gasteiger partial charge in [-0.2, -0.15) is 0 Å². The number of anilines is 1. The Morgan fingerprint density at radius 3 is 2.50 bits per heavy atom. The first kappa shape index (κ1) is 15.6. The minimum absolute atomic E-state index is 0.212. The molecule has 1 rings (SSSR count). The Balaban J connectivity index is 2.73. The molecule has 8 nitrogen and oxygen atoms in total. The molecule has 0 aliphatic rings. The van der Waals surface area contributed by atoms with Crippen LogP contribution in [-0.4, -0.2) is 34.8 Å². The summed E-state index contributed by atoms with van der Waals surface area (Å²) in [7, 11) is 0. The van der Waals surface area contributed by atoms with Crippen molar-refractivity contribution in [2.75, 3.05) is 5.32 Å². The standard InChI is InChI=1S/C11H13N3O5S/c1-5(15)13-9-3-2-7(20-9)10(17)14-6(11(18)19)4-8(12)16/h2-3,6H,4H2,1H3,(H2,12,16)(H,13,15)(H,14,17)(H,18,19)/t6-/m1/s1. The van der Waals surface area contributed by atoms with Crippen LogP contribution in [0.1, 0.15) is 23.0 Å². The Kier molecular flexibility index (Phi) is 5.21. The zero-order valence-corrected chi connectivity index (χ0v) is 11.3. The van der Waals surface area contributed by atoms with Crippen LogP contribution in [0, 0.1) is 0 Å². The SMILES string of the molecule is CC(=O)Nc1ccc(C(=O)N[C@H](CC(N)=O)C(=O)O)s1. The molecule has 5 N–H and O–H groups in total. The average Bonchev–Trinajstić information content (AvgIpc) is 2.74. The van der Waals surface area contributed by atoms with Gasteiger partial charge in [0.15, 0.2) is 0 Å². The monoisotopic (exact) mass is 299 g/mol. The second-order valence-corrected chi connectivity index (χ2v) is 4.96. The zero-order valence-electron chi connectivity index (χ0n) is 10.5. The lowest BCUT2D eigenvalue weighted by Crippen LogP contribution is -2.43. The Hall–Kier alpha value is -2.42. The Bertz CT molecular complexity index is 554. The largest absolute Gasteiger partial charge is 0.480 e. The normalized spacial score (nSPS) is 11.4. The summed E-state index contributed by atoms with van der Waals surface area (Å²) in [4.78, 5) is 44.5. The molecule has 0 bridgehead atoms. The van der Waals surface area contributed by atoms with Crippen LogP contribution in [0.3, 0.4) is 0 Å². The zero-order chi connectivity index (χ0) is 15.3. The predicted octanol–water partition coefficient (Wildman–Crippen LogP) is -0.235. The highest BCUT2D eigenvalue weighted by Crippen LogP contribution is 2.21. The Labute approximate surface area is 118 Å². The number of primary amides is 1. The number of amides is 3. The van der Waals surface area contributed by atoms with E-state index in [0.717, 1.165) is 11.3 Å².